The van der Waals surface area contributed by atoms with Gasteiger partial charge in [-0.1, -0.05) is 0 Å². The van der Waals surface area contributed by atoms with Gasteiger partial charge in [0.2, 0.25) is 0 Å². The van der Waals surface area contributed by atoms with Crippen LogP contribution in [0.25, 0.3) is 0 Å². The lowest BCUT2D eigenvalue weighted by atomic mass is 10.4. The van der Waals surface area contributed by atoms with E-state index in [9.17, 15) is 0 Å². The van der Waals surface area contributed by atoms with Crippen LogP contribution in [-0.4, -0.2) is 25.2 Å². The Labute approximate surface area is 73.1 Å². The van der Waals surface area contributed by atoms with Gasteiger partial charge in [-0.15, -0.1) is 0 Å². The number of rotatable bonds is 6. The van der Waals surface area contributed by atoms with Crippen LogP contribution < -0.4 is 5.32 Å². The molecule has 3 nitrogen and oxygen atoms in total. The lowest BCUT2D eigenvalue weighted by Crippen LogP contribution is -2.16. The molecule has 1 rings (SSSR count). The van der Waals surface area contributed by atoms with Crippen LogP contribution in [0.15, 0.2) is 18.3 Å². The first-order chi connectivity index (χ1) is 5.93. The molecule has 0 radical (unpaired) electrons. The number of aromatic nitrogens is 1. The quantitative estimate of drug-likeness (QED) is 0.625. The number of aromatic amines is 1. The minimum Gasteiger partial charge on any atom is -0.385 e. The van der Waals surface area contributed by atoms with Gasteiger partial charge in [-0.3, -0.25) is 0 Å². The third-order valence-electron chi connectivity index (χ3n) is 1.68. The van der Waals surface area contributed by atoms with Gasteiger partial charge < -0.3 is 15.0 Å². The van der Waals surface area contributed by atoms with Gasteiger partial charge >= 0.3 is 0 Å². The Morgan fingerprint density at radius 2 is 2.50 bits per heavy atom. The largest absolute Gasteiger partial charge is 0.385 e. The normalized spacial score (nSPS) is 10.4. The minimum atomic E-state index is 0.831. The zero-order chi connectivity index (χ0) is 8.65. The first-order valence-electron chi connectivity index (χ1n) is 4.25. The second-order valence-corrected chi connectivity index (χ2v) is 2.72. The summed E-state index contributed by atoms with van der Waals surface area (Å²) in [5.74, 6) is 0. The second-order valence-electron chi connectivity index (χ2n) is 2.72. The third-order valence-corrected chi connectivity index (χ3v) is 1.68. The summed E-state index contributed by atoms with van der Waals surface area (Å²) < 4.78 is 4.93. The molecule has 0 fully saturated rings. The molecule has 0 atom stereocenters. The fourth-order valence-corrected chi connectivity index (χ4v) is 1.04. The fraction of sp³-hybridized carbons (Fsp3) is 0.556. The van der Waals surface area contributed by atoms with Gasteiger partial charge in [0.05, 0.1) is 0 Å². The molecule has 0 bridgehead atoms. The molecule has 68 valence electrons. The Morgan fingerprint density at radius 1 is 1.58 bits per heavy atom. The molecule has 0 spiro atoms. The predicted molar refractivity (Wildman–Crippen MR) is 49.0 cm³/mol. The van der Waals surface area contributed by atoms with Crippen molar-refractivity contribution in [1.29, 1.82) is 0 Å². The summed E-state index contributed by atoms with van der Waals surface area (Å²) >= 11 is 0. The number of H-pyrrole nitrogens is 1. The topological polar surface area (TPSA) is 37.0 Å². The van der Waals surface area contributed by atoms with Crippen LogP contribution in [0.3, 0.4) is 0 Å². The molecule has 0 unspecified atom stereocenters. The highest BCUT2D eigenvalue weighted by atomic mass is 16.5. The number of hydrogen-bond acceptors (Lipinski definition) is 2. The highest BCUT2D eigenvalue weighted by molar-refractivity contribution is 5.02. The van der Waals surface area contributed by atoms with Crippen LogP contribution in [0.4, 0.5) is 0 Å². The smallest absolute Gasteiger partial charge is 0.0474 e. The molecule has 1 aromatic heterocycles. The zero-order valence-electron chi connectivity index (χ0n) is 7.47. The van der Waals surface area contributed by atoms with Crippen LogP contribution in [0.5, 0.6) is 0 Å². The van der Waals surface area contributed by atoms with Gasteiger partial charge in [0.1, 0.15) is 0 Å². The molecular formula is C9H16N2O. The molecule has 0 aliphatic carbocycles. The summed E-state index contributed by atoms with van der Waals surface area (Å²) in [4.78, 5) is 3.13. The lowest BCUT2D eigenvalue weighted by molar-refractivity contribution is 0.194. The van der Waals surface area contributed by atoms with Gasteiger partial charge in [0.15, 0.2) is 0 Å². The summed E-state index contributed by atoms with van der Waals surface area (Å²) in [7, 11) is 1.73. The van der Waals surface area contributed by atoms with E-state index in [-0.39, 0.29) is 0 Å². The monoisotopic (exact) mass is 168 g/mol. The van der Waals surface area contributed by atoms with Crippen molar-refractivity contribution in [2.75, 3.05) is 20.3 Å². The molecule has 1 aromatic rings. The first kappa shape index (κ1) is 9.29. The van der Waals surface area contributed by atoms with Crippen molar-refractivity contribution in [1.82, 2.24) is 10.3 Å². The SMILES string of the molecule is COCCCNCc1ccc[nH]1. The van der Waals surface area contributed by atoms with E-state index in [1.807, 2.05) is 12.3 Å². The van der Waals surface area contributed by atoms with E-state index < -0.39 is 0 Å². The molecular weight excluding hydrogens is 152 g/mol. The molecule has 0 aliphatic heterocycles. The molecule has 1 heterocycles. The van der Waals surface area contributed by atoms with Crippen LogP contribution in [0.2, 0.25) is 0 Å². The Morgan fingerprint density at radius 3 is 3.17 bits per heavy atom. The summed E-state index contributed by atoms with van der Waals surface area (Å²) in [5.41, 5.74) is 1.23. The Balaban J connectivity index is 1.96. The van der Waals surface area contributed by atoms with E-state index in [1.54, 1.807) is 7.11 Å². The number of methoxy groups -OCH3 is 1. The van der Waals surface area contributed by atoms with Crippen molar-refractivity contribution in [3.8, 4) is 0 Å². The predicted octanol–water partition coefficient (Wildman–Crippen LogP) is 1.14. The Kier molecular flexibility index (Phi) is 4.49. The Bertz CT molecular complexity index is 184. The van der Waals surface area contributed by atoms with Crippen LogP contribution >= 0.6 is 0 Å². The van der Waals surface area contributed by atoms with Gasteiger partial charge in [0, 0.05) is 32.2 Å². The van der Waals surface area contributed by atoms with Crippen LogP contribution in [0.1, 0.15) is 12.1 Å². The van der Waals surface area contributed by atoms with Crippen molar-refractivity contribution in [2.45, 2.75) is 13.0 Å². The first-order valence-corrected chi connectivity index (χ1v) is 4.25. The van der Waals surface area contributed by atoms with Crippen molar-refractivity contribution in [3.05, 3.63) is 24.0 Å². The van der Waals surface area contributed by atoms with E-state index in [0.29, 0.717) is 0 Å². The van der Waals surface area contributed by atoms with Gasteiger partial charge in [-0.25, -0.2) is 0 Å². The molecule has 0 saturated heterocycles. The highest BCUT2D eigenvalue weighted by Gasteiger charge is 1.90. The Hall–Kier alpha value is -0.800. The maximum absolute atomic E-state index is 4.93. The van der Waals surface area contributed by atoms with E-state index >= 15 is 0 Å². The summed E-state index contributed by atoms with van der Waals surface area (Å²) in [6, 6.07) is 4.08. The number of nitrogens with one attached hydrogen (secondary N) is 2. The number of ether oxygens (including phenoxy) is 1. The van der Waals surface area contributed by atoms with E-state index in [4.69, 9.17) is 4.74 Å². The number of hydrogen-bond donors (Lipinski definition) is 2. The third kappa shape index (κ3) is 3.55. The summed E-state index contributed by atoms with van der Waals surface area (Å²) in [6.07, 6.45) is 3.00. The van der Waals surface area contributed by atoms with Gasteiger partial charge in [-0.05, 0) is 25.1 Å². The molecule has 0 aromatic carbocycles. The van der Waals surface area contributed by atoms with Crippen molar-refractivity contribution < 1.29 is 4.74 Å². The summed E-state index contributed by atoms with van der Waals surface area (Å²) in [5, 5.41) is 3.31. The molecule has 0 amide bonds. The average Bonchev–Trinajstić information content (AvgIpc) is 2.57. The maximum atomic E-state index is 4.93. The molecule has 0 aliphatic rings. The second kappa shape index (κ2) is 5.80. The van der Waals surface area contributed by atoms with E-state index in [0.717, 1.165) is 26.1 Å². The van der Waals surface area contributed by atoms with E-state index in [1.165, 1.54) is 5.69 Å². The van der Waals surface area contributed by atoms with Crippen molar-refractivity contribution in [3.63, 3.8) is 0 Å². The van der Waals surface area contributed by atoms with Crippen LogP contribution in [0, 0.1) is 0 Å². The van der Waals surface area contributed by atoms with Crippen LogP contribution in [-0.2, 0) is 11.3 Å². The minimum absolute atomic E-state index is 0.831. The maximum Gasteiger partial charge on any atom is 0.0474 e. The zero-order valence-corrected chi connectivity index (χ0v) is 7.47. The summed E-state index contributed by atoms with van der Waals surface area (Å²) in [6.45, 7) is 2.75. The molecule has 3 heteroatoms. The standard InChI is InChI=1S/C9H16N2O/c1-12-7-3-5-10-8-9-4-2-6-11-9/h2,4,6,10-11H,3,5,7-8H2,1H3. The average molecular weight is 168 g/mol. The van der Waals surface area contributed by atoms with Gasteiger partial charge in [-0.2, -0.15) is 0 Å². The molecule has 0 saturated carbocycles. The lowest BCUT2D eigenvalue weighted by Gasteiger charge is -2.01. The van der Waals surface area contributed by atoms with Gasteiger partial charge in [0.25, 0.3) is 0 Å². The molecule has 12 heavy (non-hydrogen) atoms. The van der Waals surface area contributed by atoms with Crippen molar-refractivity contribution >= 4 is 0 Å². The highest BCUT2D eigenvalue weighted by Crippen LogP contribution is 1.92. The fourth-order valence-electron chi connectivity index (χ4n) is 1.04. The molecule has 2 N–H and O–H groups in total. The van der Waals surface area contributed by atoms with E-state index in [2.05, 4.69) is 16.4 Å². The van der Waals surface area contributed by atoms with Crippen molar-refractivity contribution in [2.24, 2.45) is 0 Å².